The van der Waals surface area contributed by atoms with Crippen molar-refractivity contribution in [3.63, 3.8) is 0 Å². The number of para-hydroxylation sites is 1. The van der Waals surface area contributed by atoms with Crippen LogP contribution in [0.5, 0.6) is 5.75 Å². The van der Waals surface area contributed by atoms with E-state index in [9.17, 15) is 0 Å². The van der Waals surface area contributed by atoms with Crippen LogP contribution in [-0.4, -0.2) is 24.1 Å². The summed E-state index contributed by atoms with van der Waals surface area (Å²) in [5.41, 5.74) is 2.81. The van der Waals surface area contributed by atoms with E-state index in [1.807, 2.05) is 29.9 Å². The molecule has 2 rings (SSSR count). The minimum atomic E-state index is -1.66. The Kier molecular flexibility index (Phi) is 4.08. The summed E-state index contributed by atoms with van der Waals surface area (Å²) in [5, 5.41) is 0. The van der Waals surface area contributed by atoms with E-state index < -0.39 is 8.32 Å². The van der Waals surface area contributed by atoms with Gasteiger partial charge in [0.2, 0.25) is 8.32 Å². The van der Waals surface area contributed by atoms with Gasteiger partial charge in [0.15, 0.2) is 0 Å². The zero-order valence-corrected chi connectivity index (χ0v) is 13.7. The third-order valence-corrected chi connectivity index (χ3v) is 3.48. The normalized spacial score (nSPS) is 12.1. The minimum absolute atomic E-state index is 0.841. The van der Waals surface area contributed by atoms with Crippen LogP contribution in [0, 0.1) is 6.92 Å². The number of benzene rings is 1. The highest BCUT2D eigenvalue weighted by atomic mass is 28.4. The van der Waals surface area contributed by atoms with Crippen molar-refractivity contribution in [3.8, 4) is 5.75 Å². The van der Waals surface area contributed by atoms with Crippen molar-refractivity contribution in [2.24, 2.45) is 12.0 Å². The lowest BCUT2D eigenvalue weighted by Gasteiger charge is -2.22. The summed E-state index contributed by atoms with van der Waals surface area (Å²) in [6, 6.07) is 6.02. The fraction of sp³-hybridized carbons (Fsp3) is 0.333. The van der Waals surface area contributed by atoms with Crippen LogP contribution in [0.15, 0.2) is 35.7 Å². The van der Waals surface area contributed by atoms with Gasteiger partial charge in [-0.3, -0.25) is 4.99 Å². The largest absolute Gasteiger partial charge is 0.543 e. The molecule has 20 heavy (non-hydrogen) atoms. The molecule has 1 aromatic carbocycles. The number of hydrogen-bond acceptors (Lipinski definition) is 3. The van der Waals surface area contributed by atoms with E-state index in [-0.39, 0.29) is 0 Å². The van der Waals surface area contributed by atoms with Gasteiger partial charge < -0.3 is 8.99 Å². The van der Waals surface area contributed by atoms with Crippen molar-refractivity contribution in [3.05, 3.63) is 42.0 Å². The zero-order chi connectivity index (χ0) is 14.8. The fourth-order valence-corrected chi connectivity index (χ4v) is 2.69. The first-order valence-electron chi connectivity index (χ1n) is 6.66. The quantitative estimate of drug-likeness (QED) is 0.635. The van der Waals surface area contributed by atoms with E-state index in [1.54, 1.807) is 12.5 Å². The van der Waals surface area contributed by atoms with E-state index in [1.165, 1.54) is 0 Å². The molecule has 0 amide bonds. The predicted molar refractivity (Wildman–Crippen MR) is 85.6 cm³/mol. The summed E-state index contributed by atoms with van der Waals surface area (Å²) in [4.78, 5) is 8.77. The average Bonchev–Trinajstić information content (AvgIpc) is 2.74. The van der Waals surface area contributed by atoms with E-state index in [2.05, 4.69) is 42.6 Å². The summed E-state index contributed by atoms with van der Waals surface area (Å²) in [5.74, 6) is 0.888. The highest BCUT2D eigenvalue weighted by Gasteiger charge is 2.19. The van der Waals surface area contributed by atoms with E-state index in [0.29, 0.717) is 0 Å². The van der Waals surface area contributed by atoms with Crippen LogP contribution in [0.4, 0.5) is 5.69 Å². The summed E-state index contributed by atoms with van der Waals surface area (Å²) < 4.78 is 8.06. The van der Waals surface area contributed by atoms with Crippen molar-refractivity contribution in [2.45, 2.75) is 26.6 Å². The van der Waals surface area contributed by atoms with Crippen molar-refractivity contribution >= 4 is 20.2 Å². The van der Waals surface area contributed by atoms with Gasteiger partial charge in [-0.2, -0.15) is 0 Å². The molecule has 1 aromatic heterocycles. The van der Waals surface area contributed by atoms with Crippen LogP contribution < -0.4 is 4.43 Å². The Labute approximate surface area is 121 Å². The Hall–Kier alpha value is -1.88. The van der Waals surface area contributed by atoms with Crippen molar-refractivity contribution in [1.82, 2.24) is 9.55 Å². The molecule has 5 heteroatoms. The van der Waals surface area contributed by atoms with Crippen molar-refractivity contribution in [2.75, 3.05) is 0 Å². The molecule has 0 atom stereocenters. The molecule has 1 heterocycles. The molecule has 4 nitrogen and oxygen atoms in total. The molecule has 0 N–H and O–H groups in total. The number of hydrogen-bond donors (Lipinski definition) is 0. The maximum atomic E-state index is 6.16. The van der Waals surface area contributed by atoms with Gasteiger partial charge in [0.05, 0.1) is 18.2 Å². The van der Waals surface area contributed by atoms with Gasteiger partial charge in [0, 0.05) is 13.2 Å². The van der Waals surface area contributed by atoms with Crippen LogP contribution in [0.1, 0.15) is 11.3 Å². The molecule has 0 bridgehead atoms. The highest BCUT2D eigenvalue weighted by molar-refractivity contribution is 6.70. The molecule has 0 saturated carbocycles. The molecule has 2 aromatic rings. The molecule has 0 unspecified atom stereocenters. The fourth-order valence-electron chi connectivity index (χ4n) is 1.81. The molecule has 0 saturated heterocycles. The molecule has 0 aliphatic heterocycles. The molecular weight excluding hydrogens is 266 g/mol. The first-order chi connectivity index (χ1) is 9.35. The highest BCUT2D eigenvalue weighted by Crippen LogP contribution is 2.32. The number of imidazole rings is 1. The van der Waals surface area contributed by atoms with Gasteiger partial charge in [-0.05, 0) is 38.2 Å². The molecule has 0 radical (unpaired) electrons. The van der Waals surface area contributed by atoms with Crippen LogP contribution in [0.3, 0.4) is 0 Å². The van der Waals surface area contributed by atoms with Gasteiger partial charge in [-0.15, -0.1) is 0 Å². The number of aliphatic imine (C=N–C) groups is 1. The minimum Gasteiger partial charge on any atom is -0.543 e. The summed E-state index contributed by atoms with van der Waals surface area (Å²) in [6.07, 6.45) is 5.46. The zero-order valence-electron chi connectivity index (χ0n) is 12.7. The predicted octanol–water partition coefficient (Wildman–Crippen LogP) is 3.69. The molecular formula is C15H21N3OSi. The lowest BCUT2D eigenvalue weighted by molar-refractivity contribution is 0.554. The van der Waals surface area contributed by atoms with Gasteiger partial charge in [0.25, 0.3) is 0 Å². The average molecular weight is 287 g/mol. The van der Waals surface area contributed by atoms with Crippen LogP contribution in [0.25, 0.3) is 0 Å². The second kappa shape index (κ2) is 5.62. The SMILES string of the molecule is Cc1cccc(N=Cc2cn(C)cn2)c1O[Si](C)(C)C. The molecule has 0 spiro atoms. The van der Waals surface area contributed by atoms with E-state index >= 15 is 0 Å². The number of aromatic nitrogens is 2. The lowest BCUT2D eigenvalue weighted by Crippen LogP contribution is -2.29. The standard InChI is InChI=1S/C15H21N3OSi/c1-12-7-6-8-14(15(12)19-20(3,4)5)16-9-13-10-18(2)11-17-13/h6-11H,1-5H3. The van der Waals surface area contributed by atoms with Gasteiger partial charge in [-0.25, -0.2) is 4.98 Å². The third kappa shape index (κ3) is 3.80. The maximum Gasteiger partial charge on any atom is 0.242 e. The first kappa shape index (κ1) is 14.5. The Morgan fingerprint density at radius 2 is 2.05 bits per heavy atom. The number of aryl methyl sites for hydroxylation is 2. The lowest BCUT2D eigenvalue weighted by atomic mass is 10.2. The molecule has 0 fully saturated rings. The second-order valence-electron chi connectivity index (χ2n) is 5.86. The molecule has 0 aliphatic rings. The van der Waals surface area contributed by atoms with Gasteiger partial charge >= 0.3 is 0 Å². The smallest absolute Gasteiger partial charge is 0.242 e. The number of rotatable bonds is 4. The van der Waals surface area contributed by atoms with Gasteiger partial charge in [0.1, 0.15) is 11.4 Å². The van der Waals surface area contributed by atoms with Crippen LogP contribution in [-0.2, 0) is 7.05 Å². The Balaban J connectivity index is 2.31. The van der Waals surface area contributed by atoms with Gasteiger partial charge in [-0.1, -0.05) is 12.1 Å². The Bertz CT molecular complexity index is 626. The van der Waals surface area contributed by atoms with E-state index in [0.717, 1.165) is 22.7 Å². The summed E-state index contributed by atoms with van der Waals surface area (Å²) in [6.45, 7) is 8.57. The maximum absolute atomic E-state index is 6.16. The third-order valence-electron chi connectivity index (χ3n) is 2.66. The monoisotopic (exact) mass is 287 g/mol. The molecule has 106 valence electrons. The topological polar surface area (TPSA) is 39.4 Å². The Morgan fingerprint density at radius 3 is 2.65 bits per heavy atom. The Morgan fingerprint density at radius 1 is 1.30 bits per heavy atom. The van der Waals surface area contributed by atoms with Crippen molar-refractivity contribution < 1.29 is 4.43 Å². The number of nitrogens with zero attached hydrogens (tertiary/aromatic N) is 3. The van der Waals surface area contributed by atoms with Crippen LogP contribution >= 0.6 is 0 Å². The van der Waals surface area contributed by atoms with Crippen LogP contribution in [0.2, 0.25) is 19.6 Å². The second-order valence-corrected chi connectivity index (χ2v) is 10.3. The summed E-state index contributed by atoms with van der Waals surface area (Å²) in [7, 11) is 0.283. The summed E-state index contributed by atoms with van der Waals surface area (Å²) >= 11 is 0. The van der Waals surface area contributed by atoms with E-state index in [4.69, 9.17) is 4.43 Å². The molecule has 0 aliphatic carbocycles. The first-order valence-corrected chi connectivity index (χ1v) is 10.1. The van der Waals surface area contributed by atoms with Crippen molar-refractivity contribution in [1.29, 1.82) is 0 Å².